The summed E-state index contributed by atoms with van der Waals surface area (Å²) in [6.45, 7) is 0. The van der Waals surface area contributed by atoms with Crippen LogP contribution < -0.4 is 5.32 Å². The maximum Gasteiger partial charge on any atom is 0.255 e. The van der Waals surface area contributed by atoms with Crippen molar-refractivity contribution in [3.63, 3.8) is 0 Å². The lowest BCUT2D eigenvalue weighted by molar-refractivity contribution is -0.137. The zero-order chi connectivity index (χ0) is 21.3. The molecule has 4 aromatic rings. The van der Waals surface area contributed by atoms with Gasteiger partial charge >= 0.3 is 0 Å². The highest BCUT2D eigenvalue weighted by Gasteiger charge is 2.20. The molecule has 0 spiro atoms. The van der Waals surface area contributed by atoms with E-state index in [0.29, 0.717) is 5.56 Å². The molecule has 1 aromatic carbocycles. The SMILES string of the molecule is CNc1ccc(-c2c[nH]c3ncc(-c4cncc(C(O)C(=O)N(C)C)c4)cc23)cc1. The van der Waals surface area contributed by atoms with Gasteiger partial charge in [-0.25, -0.2) is 4.98 Å². The molecule has 0 saturated heterocycles. The Hall–Kier alpha value is -3.71. The van der Waals surface area contributed by atoms with E-state index in [4.69, 9.17) is 0 Å². The van der Waals surface area contributed by atoms with Gasteiger partial charge in [-0.05, 0) is 29.8 Å². The molecule has 30 heavy (non-hydrogen) atoms. The van der Waals surface area contributed by atoms with E-state index in [9.17, 15) is 9.90 Å². The largest absolute Gasteiger partial charge is 0.388 e. The van der Waals surface area contributed by atoms with Crippen molar-refractivity contribution in [2.75, 3.05) is 26.5 Å². The molecule has 4 rings (SSSR count). The summed E-state index contributed by atoms with van der Waals surface area (Å²) in [5.74, 6) is -0.388. The highest BCUT2D eigenvalue weighted by Crippen LogP contribution is 2.32. The topological polar surface area (TPSA) is 94.1 Å². The number of likely N-dealkylation sites (N-methyl/N-ethyl adjacent to an activating group) is 1. The number of hydrogen-bond donors (Lipinski definition) is 3. The van der Waals surface area contributed by atoms with Crippen LogP contribution in [0.3, 0.4) is 0 Å². The minimum atomic E-state index is -1.25. The number of aromatic amines is 1. The first-order valence-corrected chi connectivity index (χ1v) is 9.58. The maximum atomic E-state index is 12.1. The van der Waals surface area contributed by atoms with E-state index in [2.05, 4.69) is 32.4 Å². The van der Waals surface area contributed by atoms with E-state index in [1.807, 2.05) is 31.4 Å². The molecule has 152 valence electrons. The Kier molecular flexibility index (Phi) is 5.20. The number of H-pyrrole nitrogens is 1. The summed E-state index contributed by atoms with van der Waals surface area (Å²) in [5, 5.41) is 14.5. The third-order valence-electron chi connectivity index (χ3n) is 5.10. The van der Waals surface area contributed by atoms with Gasteiger partial charge in [0.15, 0.2) is 6.10 Å². The second-order valence-electron chi connectivity index (χ2n) is 7.29. The number of benzene rings is 1. The fourth-order valence-electron chi connectivity index (χ4n) is 3.37. The summed E-state index contributed by atoms with van der Waals surface area (Å²) in [7, 11) is 5.11. The number of nitrogens with one attached hydrogen (secondary N) is 2. The smallest absolute Gasteiger partial charge is 0.255 e. The molecule has 7 nitrogen and oxygen atoms in total. The van der Waals surface area contributed by atoms with Gasteiger partial charge in [0.1, 0.15) is 5.65 Å². The first-order chi connectivity index (χ1) is 14.5. The molecule has 0 bridgehead atoms. The number of rotatable bonds is 5. The first-order valence-electron chi connectivity index (χ1n) is 9.58. The number of nitrogens with zero attached hydrogens (tertiary/aromatic N) is 3. The van der Waals surface area contributed by atoms with E-state index in [-0.39, 0.29) is 5.91 Å². The van der Waals surface area contributed by atoms with Crippen molar-refractivity contribution >= 4 is 22.6 Å². The quantitative estimate of drug-likeness (QED) is 0.476. The normalized spacial score (nSPS) is 12.0. The Morgan fingerprint density at radius 2 is 1.80 bits per heavy atom. The second kappa shape index (κ2) is 7.96. The van der Waals surface area contributed by atoms with Crippen LogP contribution in [0.5, 0.6) is 0 Å². The minimum Gasteiger partial charge on any atom is -0.388 e. The van der Waals surface area contributed by atoms with Crippen LogP contribution in [-0.4, -0.2) is 52.0 Å². The van der Waals surface area contributed by atoms with Crippen molar-refractivity contribution in [2.45, 2.75) is 6.10 Å². The molecule has 1 amide bonds. The van der Waals surface area contributed by atoms with Crippen molar-refractivity contribution in [2.24, 2.45) is 0 Å². The van der Waals surface area contributed by atoms with Gasteiger partial charge in [-0.1, -0.05) is 12.1 Å². The number of hydrogen-bond acceptors (Lipinski definition) is 5. The van der Waals surface area contributed by atoms with Gasteiger partial charge in [0.2, 0.25) is 0 Å². The van der Waals surface area contributed by atoms with Gasteiger partial charge in [-0.2, -0.15) is 0 Å². The summed E-state index contributed by atoms with van der Waals surface area (Å²) in [6.07, 6.45) is 5.66. The Bertz CT molecular complexity index is 1200. The van der Waals surface area contributed by atoms with E-state index < -0.39 is 6.10 Å². The number of amides is 1. The summed E-state index contributed by atoms with van der Waals surface area (Å²) in [5.41, 5.74) is 6.05. The summed E-state index contributed by atoms with van der Waals surface area (Å²) in [6, 6.07) is 12.0. The minimum absolute atomic E-state index is 0.388. The molecule has 3 heterocycles. The Morgan fingerprint density at radius 3 is 2.50 bits per heavy atom. The first kappa shape index (κ1) is 19.6. The summed E-state index contributed by atoms with van der Waals surface area (Å²) in [4.78, 5) is 25.4. The third kappa shape index (κ3) is 3.62. The van der Waals surface area contributed by atoms with E-state index in [1.165, 1.54) is 11.1 Å². The lowest BCUT2D eigenvalue weighted by Crippen LogP contribution is -2.28. The van der Waals surface area contributed by atoms with Gasteiger partial charge in [0.25, 0.3) is 5.91 Å². The zero-order valence-corrected chi connectivity index (χ0v) is 17.0. The average Bonchev–Trinajstić information content (AvgIpc) is 3.21. The van der Waals surface area contributed by atoms with Crippen molar-refractivity contribution < 1.29 is 9.90 Å². The predicted molar refractivity (Wildman–Crippen MR) is 118 cm³/mol. The molecular formula is C23H23N5O2. The zero-order valence-electron chi connectivity index (χ0n) is 17.0. The Balaban J connectivity index is 1.73. The van der Waals surface area contributed by atoms with Gasteiger partial charge in [0.05, 0.1) is 0 Å². The molecule has 0 saturated carbocycles. The number of carbonyl (C=O) groups excluding carboxylic acids is 1. The van der Waals surface area contributed by atoms with Crippen LogP contribution in [-0.2, 0) is 4.79 Å². The van der Waals surface area contributed by atoms with Crippen LogP contribution >= 0.6 is 0 Å². The van der Waals surface area contributed by atoms with Crippen molar-refractivity contribution in [3.05, 3.63) is 66.7 Å². The van der Waals surface area contributed by atoms with Gasteiger partial charge in [-0.15, -0.1) is 0 Å². The highest BCUT2D eigenvalue weighted by atomic mass is 16.3. The molecule has 3 N–H and O–H groups in total. The van der Waals surface area contributed by atoms with Gasteiger partial charge in [-0.3, -0.25) is 9.78 Å². The molecule has 0 aliphatic rings. The summed E-state index contributed by atoms with van der Waals surface area (Å²) < 4.78 is 0. The number of anilines is 1. The number of pyridine rings is 2. The highest BCUT2D eigenvalue weighted by molar-refractivity contribution is 5.96. The van der Waals surface area contributed by atoms with Crippen molar-refractivity contribution in [1.82, 2.24) is 19.9 Å². The molecule has 1 atom stereocenters. The van der Waals surface area contributed by atoms with Gasteiger partial charge < -0.3 is 20.3 Å². The maximum absolute atomic E-state index is 12.1. The molecular weight excluding hydrogens is 378 g/mol. The van der Waals surface area contributed by atoms with Crippen LogP contribution in [0, 0.1) is 0 Å². The average molecular weight is 401 g/mol. The number of aliphatic hydroxyl groups is 1. The van der Waals surface area contributed by atoms with Crippen molar-refractivity contribution in [1.29, 1.82) is 0 Å². The Morgan fingerprint density at radius 1 is 1.07 bits per heavy atom. The number of fused-ring (bicyclic) bond motifs is 1. The molecule has 3 aromatic heterocycles. The molecule has 0 fully saturated rings. The van der Waals surface area contributed by atoms with Gasteiger partial charge in [0, 0.05) is 79.3 Å². The molecule has 0 aliphatic carbocycles. The van der Waals surface area contributed by atoms with Crippen LogP contribution in [0.2, 0.25) is 0 Å². The van der Waals surface area contributed by atoms with Crippen LogP contribution in [0.4, 0.5) is 5.69 Å². The second-order valence-corrected chi connectivity index (χ2v) is 7.29. The molecule has 0 aliphatic heterocycles. The lowest BCUT2D eigenvalue weighted by Gasteiger charge is -2.16. The third-order valence-corrected chi connectivity index (χ3v) is 5.10. The van der Waals surface area contributed by atoms with Crippen LogP contribution in [0.1, 0.15) is 11.7 Å². The lowest BCUT2D eigenvalue weighted by atomic mass is 10.0. The molecule has 1 unspecified atom stereocenters. The molecule has 0 radical (unpaired) electrons. The molecule has 7 heteroatoms. The van der Waals surface area contributed by atoms with E-state index >= 15 is 0 Å². The number of carbonyl (C=O) groups is 1. The predicted octanol–water partition coefficient (Wildman–Crippen LogP) is 3.46. The standard InChI is InChI=1S/C23H23N5O2/c1-24-18-6-4-14(5-7-18)20-13-27-22-19(20)9-16(12-26-22)15-8-17(11-25-10-15)21(29)23(30)28(2)3/h4-13,21,24,29H,1-3H3,(H,26,27). The van der Waals surface area contributed by atoms with Crippen LogP contribution in [0.15, 0.2) is 61.2 Å². The fourth-order valence-corrected chi connectivity index (χ4v) is 3.37. The van der Waals surface area contributed by atoms with Crippen LogP contribution in [0.25, 0.3) is 33.3 Å². The number of aliphatic hydroxyl groups excluding tert-OH is 1. The van der Waals surface area contributed by atoms with E-state index in [0.717, 1.165) is 39.0 Å². The Labute approximate surface area is 174 Å². The van der Waals surface area contributed by atoms with E-state index in [1.54, 1.807) is 32.6 Å². The van der Waals surface area contributed by atoms with Crippen molar-refractivity contribution in [3.8, 4) is 22.3 Å². The number of aromatic nitrogens is 3. The summed E-state index contributed by atoms with van der Waals surface area (Å²) >= 11 is 0. The fraction of sp³-hybridized carbons (Fsp3) is 0.174. The monoisotopic (exact) mass is 401 g/mol.